The largest absolute Gasteiger partial charge is 0.393 e. The Morgan fingerprint density at radius 1 is 1.21 bits per heavy atom. The van der Waals surface area contributed by atoms with Crippen molar-refractivity contribution in [3.63, 3.8) is 0 Å². The summed E-state index contributed by atoms with van der Waals surface area (Å²) in [6, 6.07) is 8.75. The number of aryl methyl sites for hydroxylation is 1. The first-order valence-electron chi connectivity index (χ1n) is 11.3. The fourth-order valence-electron chi connectivity index (χ4n) is 3.39. The number of benzene rings is 1. The number of thiazole rings is 1. The van der Waals surface area contributed by atoms with Gasteiger partial charge in [0.15, 0.2) is 5.01 Å². The van der Waals surface area contributed by atoms with Crippen molar-refractivity contribution in [3.8, 4) is 0 Å². The number of hydrogen-bond acceptors (Lipinski definition) is 9. The van der Waals surface area contributed by atoms with Crippen molar-refractivity contribution >= 4 is 67.3 Å². The van der Waals surface area contributed by atoms with E-state index in [2.05, 4.69) is 42.8 Å². The van der Waals surface area contributed by atoms with Gasteiger partial charge in [-0.2, -0.15) is 0 Å². The molecule has 39 heavy (non-hydrogen) atoms. The molecule has 3 aromatic rings. The van der Waals surface area contributed by atoms with Gasteiger partial charge in [-0.3, -0.25) is 19.1 Å². The molecule has 3 rings (SSSR count). The maximum absolute atomic E-state index is 13.1. The summed E-state index contributed by atoms with van der Waals surface area (Å²) in [6.45, 7) is 1.05. The van der Waals surface area contributed by atoms with Crippen LogP contribution in [0.25, 0.3) is 0 Å². The SMILES string of the molecule is Cc1ccc(NS(=O)(=O)Cc2ccc(I)cc2)c(=O)n1CC(=O)NC(CCON=C(N)N)C(=O)c1nccs1. The number of guanidine groups is 1. The number of rotatable bonds is 13. The average Bonchev–Trinajstić information content (AvgIpc) is 3.41. The Morgan fingerprint density at radius 2 is 1.92 bits per heavy atom. The number of nitrogens with two attached hydrogens (primary N) is 2. The van der Waals surface area contributed by atoms with Crippen LogP contribution in [0.2, 0.25) is 0 Å². The van der Waals surface area contributed by atoms with Crippen molar-refractivity contribution in [1.82, 2.24) is 14.9 Å². The Labute approximate surface area is 241 Å². The monoisotopic (exact) mass is 687 g/mol. The number of oxime groups is 1. The lowest BCUT2D eigenvalue weighted by Gasteiger charge is -2.18. The smallest absolute Gasteiger partial charge is 0.275 e. The summed E-state index contributed by atoms with van der Waals surface area (Å²) in [5, 5.41) is 7.78. The molecule has 0 radical (unpaired) electrons. The third-order valence-electron chi connectivity index (χ3n) is 5.19. The molecule has 0 aliphatic heterocycles. The van der Waals surface area contributed by atoms with E-state index in [0.717, 1.165) is 19.5 Å². The van der Waals surface area contributed by atoms with Gasteiger partial charge >= 0.3 is 0 Å². The normalized spacial score (nSPS) is 11.8. The van der Waals surface area contributed by atoms with E-state index in [-0.39, 0.29) is 35.4 Å². The summed E-state index contributed by atoms with van der Waals surface area (Å²) in [4.78, 5) is 47.8. The molecule has 0 aliphatic carbocycles. The van der Waals surface area contributed by atoms with Crippen LogP contribution in [0.3, 0.4) is 0 Å². The average molecular weight is 688 g/mol. The van der Waals surface area contributed by atoms with E-state index in [9.17, 15) is 22.8 Å². The molecule has 0 spiro atoms. The van der Waals surface area contributed by atoms with Gasteiger partial charge in [-0.1, -0.05) is 12.1 Å². The van der Waals surface area contributed by atoms with Crippen LogP contribution in [0.1, 0.15) is 27.5 Å². The van der Waals surface area contributed by atoms with Crippen molar-refractivity contribution in [1.29, 1.82) is 0 Å². The van der Waals surface area contributed by atoms with Crippen LogP contribution in [-0.2, 0) is 32.0 Å². The zero-order valence-corrected chi connectivity index (χ0v) is 24.5. The number of anilines is 1. The molecule has 6 N–H and O–H groups in total. The molecule has 1 atom stereocenters. The number of hydrogen-bond donors (Lipinski definition) is 4. The fourth-order valence-corrected chi connectivity index (χ4v) is 5.57. The van der Waals surface area contributed by atoms with Crippen molar-refractivity contribution in [2.75, 3.05) is 11.3 Å². The molecule has 16 heteroatoms. The van der Waals surface area contributed by atoms with Crippen LogP contribution in [0.15, 0.2) is 57.9 Å². The highest BCUT2D eigenvalue weighted by Crippen LogP contribution is 2.13. The van der Waals surface area contributed by atoms with Gasteiger partial charge in [0.25, 0.3) is 5.56 Å². The molecule has 0 saturated carbocycles. The van der Waals surface area contributed by atoms with Crippen LogP contribution >= 0.6 is 33.9 Å². The van der Waals surface area contributed by atoms with Crippen LogP contribution in [0.4, 0.5) is 5.69 Å². The Kier molecular flexibility index (Phi) is 10.4. The van der Waals surface area contributed by atoms with E-state index in [4.69, 9.17) is 16.3 Å². The second-order valence-corrected chi connectivity index (χ2v) is 12.1. The summed E-state index contributed by atoms with van der Waals surface area (Å²) < 4.78 is 29.8. The molecular weight excluding hydrogens is 661 g/mol. The molecule has 1 aromatic carbocycles. The number of carbonyl (C=O) groups is 2. The minimum absolute atomic E-state index is 0.0210. The molecule has 2 aromatic heterocycles. The summed E-state index contributed by atoms with van der Waals surface area (Å²) in [5.41, 5.74) is 10.5. The number of ketones is 1. The number of carbonyl (C=O) groups excluding carboxylic acids is 2. The van der Waals surface area contributed by atoms with Crippen LogP contribution < -0.4 is 27.1 Å². The van der Waals surface area contributed by atoms with E-state index in [1.165, 1.54) is 18.3 Å². The van der Waals surface area contributed by atoms with Crippen LogP contribution in [0, 0.1) is 10.5 Å². The molecule has 208 valence electrons. The first kappa shape index (κ1) is 30.0. The highest BCUT2D eigenvalue weighted by molar-refractivity contribution is 14.1. The molecule has 0 bridgehead atoms. The van der Waals surface area contributed by atoms with E-state index in [1.807, 2.05) is 0 Å². The highest BCUT2D eigenvalue weighted by atomic mass is 127. The topological polar surface area (TPSA) is 201 Å². The van der Waals surface area contributed by atoms with E-state index >= 15 is 0 Å². The molecule has 0 aliphatic rings. The van der Waals surface area contributed by atoms with Gasteiger partial charge in [0.05, 0.1) is 11.8 Å². The van der Waals surface area contributed by atoms with Gasteiger partial charge in [0.2, 0.25) is 27.7 Å². The van der Waals surface area contributed by atoms with Gasteiger partial charge in [-0.15, -0.1) is 11.3 Å². The number of aromatic nitrogens is 2. The molecule has 1 unspecified atom stereocenters. The predicted octanol–water partition coefficient (Wildman–Crippen LogP) is 1.12. The van der Waals surface area contributed by atoms with E-state index < -0.39 is 39.9 Å². The molecular formula is C23H26IN7O6S2. The van der Waals surface area contributed by atoms with Gasteiger partial charge in [0, 0.05) is 27.3 Å². The number of halogens is 1. The first-order chi connectivity index (χ1) is 18.4. The lowest BCUT2D eigenvalue weighted by Crippen LogP contribution is -2.44. The summed E-state index contributed by atoms with van der Waals surface area (Å²) in [7, 11) is -3.91. The Hall–Kier alpha value is -3.51. The predicted molar refractivity (Wildman–Crippen MR) is 156 cm³/mol. The first-order valence-corrected chi connectivity index (χ1v) is 15.0. The second kappa shape index (κ2) is 13.5. The zero-order chi connectivity index (χ0) is 28.6. The Balaban J connectivity index is 1.74. The number of nitrogens with one attached hydrogen (secondary N) is 2. The summed E-state index contributed by atoms with van der Waals surface area (Å²) in [5.74, 6) is -1.74. The third-order valence-corrected chi connectivity index (χ3v) is 7.94. The molecule has 13 nitrogen and oxygen atoms in total. The van der Waals surface area contributed by atoms with Crippen molar-refractivity contribution in [3.05, 3.63) is 78.2 Å². The van der Waals surface area contributed by atoms with Gasteiger partial charge in [-0.05, 0) is 64.5 Å². The lowest BCUT2D eigenvalue weighted by molar-refractivity contribution is -0.122. The maximum atomic E-state index is 13.1. The van der Waals surface area contributed by atoms with Crippen molar-refractivity contribution < 1.29 is 22.8 Å². The van der Waals surface area contributed by atoms with Crippen molar-refractivity contribution in [2.45, 2.75) is 31.7 Å². The highest BCUT2D eigenvalue weighted by Gasteiger charge is 2.25. The van der Waals surface area contributed by atoms with Gasteiger partial charge in [0.1, 0.15) is 18.8 Å². The van der Waals surface area contributed by atoms with Crippen LogP contribution in [-0.4, -0.2) is 48.3 Å². The maximum Gasteiger partial charge on any atom is 0.275 e. The molecule has 2 heterocycles. The Bertz CT molecular complexity index is 1500. The van der Waals surface area contributed by atoms with Crippen molar-refractivity contribution in [2.24, 2.45) is 16.6 Å². The number of Topliss-reactive ketones (excluding diaryl/α,β-unsaturated/α-hetero) is 1. The summed E-state index contributed by atoms with van der Waals surface area (Å²) >= 11 is 3.22. The molecule has 0 saturated heterocycles. The molecule has 1 amide bonds. The van der Waals surface area contributed by atoms with Gasteiger partial charge < -0.3 is 26.2 Å². The number of pyridine rings is 1. The van der Waals surface area contributed by atoms with Crippen LogP contribution in [0.5, 0.6) is 0 Å². The minimum Gasteiger partial charge on any atom is -0.393 e. The molecule has 0 fully saturated rings. The summed E-state index contributed by atoms with van der Waals surface area (Å²) in [6.07, 6.45) is 1.48. The van der Waals surface area contributed by atoms with E-state index in [0.29, 0.717) is 11.3 Å². The fraction of sp³-hybridized carbons (Fsp3) is 0.261. The van der Waals surface area contributed by atoms with E-state index in [1.54, 1.807) is 36.6 Å². The quantitative estimate of drug-likeness (QED) is 0.0508. The standard InChI is InChI=1S/C23H26IN7O6S2/c1-14-2-7-18(30-39(35,36)13-15-3-5-16(24)6-4-15)22(34)31(14)12-19(32)28-17(8-10-37-29-23(25)26)20(33)21-27-9-11-38-21/h2-7,9,11,17,30H,8,10,12-13H2,1H3,(H,28,32)(H4,25,26,29). The number of amides is 1. The minimum atomic E-state index is -3.91. The Morgan fingerprint density at radius 3 is 2.56 bits per heavy atom. The lowest BCUT2D eigenvalue weighted by atomic mass is 10.1. The van der Waals surface area contributed by atoms with Gasteiger partial charge in [-0.25, -0.2) is 13.4 Å². The zero-order valence-electron chi connectivity index (χ0n) is 20.7. The second-order valence-electron chi connectivity index (χ2n) is 8.23. The number of nitrogens with zero attached hydrogens (tertiary/aromatic N) is 3. The number of sulfonamides is 1. The third kappa shape index (κ3) is 9.03.